The van der Waals surface area contributed by atoms with Gasteiger partial charge in [0.15, 0.2) is 0 Å². The molecule has 0 atom stereocenters. The minimum absolute atomic E-state index is 0.0492. The van der Waals surface area contributed by atoms with Gasteiger partial charge in [0.2, 0.25) is 5.91 Å². The summed E-state index contributed by atoms with van der Waals surface area (Å²) in [6, 6.07) is 15.9. The molecule has 2 N–H and O–H groups in total. The number of rotatable bonds is 6. The Bertz CT molecular complexity index is 1560. The number of fused-ring (bicyclic) bond motifs is 1. The van der Waals surface area contributed by atoms with Crippen molar-refractivity contribution in [2.75, 3.05) is 13.1 Å². The van der Waals surface area contributed by atoms with Crippen LogP contribution in [-0.4, -0.2) is 44.8 Å². The highest BCUT2D eigenvalue weighted by Gasteiger charge is 2.20. The number of aromatic nitrogens is 3. The number of benzene rings is 2. The van der Waals surface area contributed by atoms with E-state index in [-0.39, 0.29) is 17.2 Å². The maximum Gasteiger partial charge on any atom is 0.251 e. The second kappa shape index (κ2) is 10.7. The Kier molecular flexibility index (Phi) is 7.15. The van der Waals surface area contributed by atoms with Crippen molar-refractivity contribution in [3.8, 4) is 11.3 Å². The lowest BCUT2D eigenvalue weighted by Gasteiger charge is -2.25. The lowest BCUT2D eigenvalue weighted by Crippen LogP contribution is -2.33. The molecule has 1 aliphatic heterocycles. The van der Waals surface area contributed by atoms with E-state index in [4.69, 9.17) is 0 Å². The molecule has 2 amide bonds. The van der Waals surface area contributed by atoms with Crippen LogP contribution in [0.5, 0.6) is 0 Å². The summed E-state index contributed by atoms with van der Waals surface area (Å²) in [6.45, 7) is 11.7. The Morgan fingerprint density at radius 1 is 1.08 bits per heavy atom. The molecule has 0 fully saturated rings. The normalized spacial score (nSPS) is 13.7. The first-order valence-electron chi connectivity index (χ1n) is 13.2. The number of hydrogen-bond donors (Lipinski definition) is 2. The van der Waals surface area contributed by atoms with Gasteiger partial charge in [0, 0.05) is 42.5 Å². The van der Waals surface area contributed by atoms with Crippen LogP contribution in [0.25, 0.3) is 27.9 Å². The summed E-state index contributed by atoms with van der Waals surface area (Å²) in [4.78, 5) is 38.8. The summed E-state index contributed by atoms with van der Waals surface area (Å²) in [7, 11) is 0. The van der Waals surface area contributed by atoms with Crippen LogP contribution in [0.2, 0.25) is 0 Å². The van der Waals surface area contributed by atoms with Crippen molar-refractivity contribution in [1.82, 2.24) is 25.2 Å². The van der Waals surface area contributed by atoms with Crippen LogP contribution < -0.4 is 5.32 Å². The molecule has 198 valence electrons. The molecule has 2 aromatic carbocycles. The summed E-state index contributed by atoms with van der Waals surface area (Å²) < 4.78 is 0. The van der Waals surface area contributed by atoms with Crippen LogP contribution in [0.1, 0.15) is 54.2 Å². The van der Waals surface area contributed by atoms with Gasteiger partial charge in [-0.15, -0.1) is 0 Å². The smallest absolute Gasteiger partial charge is 0.251 e. The van der Waals surface area contributed by atoms with E-state index in [0.717, 1.165) is 39.8 Å². The third kappa shape index (κ3) is 5.53. The number of hydrogen-bond acceptors (Lipinski definition) is 4. The lowest BCUT2D eigenvalue weighted by atomic mass is 9.87. The molecule has 4 aromatic rings. The van der Waals surface area contributed by atoms with Crippen LogP contribution in [-0.2, 0) is 16.8 Å². The fraction of sp³-hybridized carbons (Fsp3) is 0.250. The first-order chi connectivity index (χ1) is 18.7. The molecule has 0 bridgehead atoms. The Balaban J connectivity index is 1.31. The number of nitrogens with zero attached hydrogens (tertiary/aromatic N) is 3. The standard InChI is InChI=1S/C32H33N5O2/c1-5-27(38)37-16-14-22(15-17-37)26-19-33-30-28(26)29(35-20-36-30)23-8-6-21(7-9-23)18-34-31(39)24-10-12-25(13-11-24)32(2,3)4/h5-14,19-20H,1,15-18H2,2-4H3,(H,34,39)(H,33,35,36). The van der Waals surface area contributed by atoms with Crippen molar-refractivity contribution in [3.63, 3.8) is 0 Å². The molecule has 0 spiro atoms. The van der Waals surface area contributed by atoms with Gasteiger partial charge in [-0.1, -0.05) is 69.8 Å². The molecule has 0 saturated heterocycles. The Labute approximate surface area is 228 Å². The van der Waals surface area contributed by atoms with Crippen molar-refractivity contribution < 1.29 is 9.59 Å². The molecular formula is C32H33N5O2. The fourth-order valence-electron chi connectivity index (χ4n) is 4.86. The summed E-state index contributed by atoms with van der Waals surface area (Å²) in [5.41, 5.74) is 7.70. The minimum atomic E-state index is -0.0943. The highest BCUT2D eigenvalue weighted by molar-refractivity contribution is 6.00. The Morgan fingerprint density at radius 3 is 2.46 bits per heavy atom. The van der Waals surface area contributed by atoms with E-state index in [0.29, 0.717) is 25.2 Å². The monoisotopic (exact) mass is 519 g/mol. The van der Waals surface area contributed by atoms with Gasteiger partial charge in [-0.3, -0.25) is 9.59 Å². The molecular weight excluding hydrogens is 486 g/mol. The number of amides is 2. The third-order valence-electron chi connectivity index (χ3n) is 7.20. The van der Waals surface area contributed by atoms with Crippen LogP contribution >= 0.6 is 0 Å². The van der Waals surface area contributed by atoms with E-state index in [2.05, 4.69) is 53.7 Å². The summed E-state index contributed by atoms with van der Waals surface area (Å²) >= 11 is 0. The van der Waals surface area contributed by atoms with Gasteiger partial charge < -0.3 is 15.2 Å². The molecule has 3 heterocycles. The van der Waals surface area contributed by atoms with Crippen LogP contribution in [0.15, 0.2) is 79.8 Å². The van der Waals surface area contributed by atoms with E-state index in [9.17, 15) is 9.59 Å². The quantitative estimate of drug-likeness (QED) is 0.322. The van der Waals surface area contributed by atoms with Gasteiger partial charge in [-0.2, -0.15) is 0 Å². The maximum absolute atomic E-state index is 12.7. The number of aromatic amines is 1. The highest BCUT2D eigenvalue weighted by atomic mass is 16.2. The van der Waals surface area contributed by atoms with Crippen LogP contribution in [0, 0.1) is 0 Å². The Morgan fingerprint density at radius 2 is 1.82 bits per heavy atom. The second-order valence-electron chi connectivity index (χ2n) is 10.8. The third-order valence-corrected chi connectivity index (χ3v) is 7.20. The second-order valence-corrected chi connectivity index (χ2v) is 10.8. The minimum Gasteiger partial charge on any atom is -0.348 e. The average Bonchev–Trinajstić information content (AvgIpc) is 3.40. The molecule has 2 aromatic heterocycles. The van der Waals surface area contributed by atoms with Gasteiger partial charge in [-0.25, -0.2) is 9.97 Å². The zero-order valence-corrected chi connectivity index (χ0v) is 22.6. The van der Waals surface area contributed by atoms with Crippen molar-refractivity contribution >= 4 is 28.4 Å². The van der Waals surface area contributed by atoms with E-state index in [1.165, 1.54) is 17.2 Å². The van der Waals surface area contributed by atoms with Crippen molar-refractivity contribution in [1.29, 1.82) is 0 Å². The molecule has 0 saturated carbocycles. The maximum atomic E-state index is 12.7. The number of H-pyrrole nitrogens is 1. The van der Waals surface area contributed by atoms with Crippen molar-refractivity contribution in [2.45, 2.75) is 39.2 Å². The molecule has 7 heteroatoms. The summed E-state index contributed by atoms with van der Waals surface area (Å²) in [6.07, 6.45) is 7.73. The average molecular weight is 520 g/mol. The zero-order valence-electron chi connectivity index (χ0n) is 22.6. The van der Waals surface area contributed by atoms with E-state index < -0.39 is 0 Å². The first-order valence-corrected chi connectivity index (χ1v) is 13.2. The molecule has 1 aliphatic rings. The Hall–Kier alpha value is -4.52. The SMILES string of the molecule is C=CC(=O)N1CC=C(c2c[nH]c3ncnc(-c4ccc(CNC(=O)c5ccc(C(C)(C)C)cc5)cc4)c23)CC1. The largest absolute Gasteiger partial charge is 0.348 e. The molecule has 0 unspecified atom stereocenters. The molecule has 0 radical (unpaired) electrons. The van der Waals surface area contributed by atoms with Gasteiger partial charge in [-0.05, 0) is 46.7 Å². The van der Waals surface area contributed by atoms with E-state index in [1.54, 1.807) is 11.2 Å². The molecule has 0 aliphatic carbocycles. The number of nitrogens with one attached hydrogen (secondary N) is 2. The van der Waals surface area contributed by atoms with E-state index in [1.807, 2.05) is 54.7 Å². The predicted octanol–water partition coefficient (Wildman–Crippen LogP) is 5.65. The number of carbonyl (C=O) groups is 2. The summed E-state index contributed by atoms with van der Waals surface area (Å²) in [5.74, 6) is -0.147. The highest BCUT2D eigenvalue weighted by Crippen LogP contribution is 2.34. The lowest BCUT2D eigenvalue weighted by molar-refractivity contribution is -0.125. The topological polar surface area (TPSA) is 91.0 Å². The molecule has 7 nitrogen and oxygen atoms in total. The van der Waals surface area contributed by atoms with Gasteiger partial charge >= 0.3 is 0 Å². The van der Waals surface area contributed by atoms with Gasteiger partial charge in [0.05, 0.1) is 11.1 Å². The predicted molar refractivity (Wildman–Crippen MR) is 155 cm³/mol. The van der Waals surface area contributed by atoms with E-state index >= 15 is 0 Å². The van der Waals surface area contributed by atoms with Crippen LogP contribution in [0.4, 0.5) is 0 Å². The van der Waals surface area contributed by atoms with Crippen molar-refractivity contribution in [2.24, 2.45) is 0 Å². The fourth-order valence-corrected chi connectivity index (χ4v) is 4.86. The van der Waals surface area contributed by atoms with Crippen molar-refractivity contribution in [3.05, 3.63) is 102 Å². The zero-order chi connectivity index (χ0) is 27.6. The summed E-state index contributed by atoms with van der Waals surface area (Å²) in [5, 5.41) is 3.98. The molecule has 39 heavy (non-hydrogen) atoms. The van der Waals surface area contributed by atoms with Gasteiger partial charge in [0.25, 0.3) is 5.91 Å². The molecule has 5 rings (SSSR count). The first kappa shape index (κ1) is 26.1. The number of carbonyl (C=O) groups excluding carboxylic acids is 2. The van der Waals surface area contributed by atoms with Gasteiger partial charge in [0.1, 0.15) is 12.0 Å². The van der Waals surface area contributed by atoms with Crippen LogP contribution in [0.3, 0.4) is 0 Å².